The van der Waals surface area contributed by atoms with Crippen molar-refractivity contribution >= 4 is 22.0 Å². The SMILES string of the molecule is CC(C)(C)OC(=O)NC1CC(C(=O)NS(=O)(=O)C2CCCCCCC2)C1. The molecule has 2 rings (SSSR count). The summed E-state index contributed by atoms with van der Waals surface area (Å²) in [6.07, 6.45) is 6.66. The molecule has 2 fully saturated rings. The molecule has 2 aliphatic carbocycles. The number of sulfonamides is 1. The number of carbonyl (C=O) groups excluding carboxylic acids is 2. The Bertz CT molecular complexity index is 598. The molecule has 2 N–H and O–H groups in total. The standard InChI is InChI=1S/C18H32N2O5S/c1-18(2,3)25-17(22)19-14-11-13(12-14)16(21)20-26(23,24)15-9-7-5-4-6-8-10-15/h13-15H,4-12H2,1-3H3,(H,19,22)(H,20,21). The van der Waals surface area contributed by atoms with Crippen LogP contribution in [0.1, 0.15) is 78.6 Å². The van der Waals surface area contributed by atoms with Gasteiger partial charge in [0, 0.05) is 12.0 Å². The second-order valence-electron chi connectivity index (χ2n) is 8.49. The fraction of sp³-hybridized carbons (Fsp3) is 0.889. The molecule has 8 heteroatoms. The van der Waals surface area contributed by atoms with E-state index in [0.717, 1.165) is 32.1 Å². The molecule has 0 spiro atoms. The largest absolute Gasteiger partial charge is 0.444 e. The maximum absolute atomic E-state index is 12.5. The lowest BCUT2D eigenvalue weighted by Gasteiger charge is -2.35. The number of alkyl carbamates (subject to hydrolysis) is 1. The fourth-order valence-electron chi connectivity index (χ4n) is 3.46. The lowest BCUT2D eigenvalue weighted by atomic mass is 9.80. The molecule has 0 aromatic rings. The minimum atomic E-state index is -3.62. The molecule has 7 nitrogen and oxygen atoms in total. The quantitative estimate of drug-likeness (QED) is 0.771. The molecule has 150 valence electrons. The first-order valence-corrected chi connectivity index (χ1v) is 11.2. The number of carbonyl (C=O) groups is 2. The van der Waals surface area contributed by atoms with Gasteiger partial charge in [0.05, 0.1) is 5.25 Å². The van der Waals surface area contributed by atoms with Gasteiger partial charge in [-0.3, -0.25) is 9.52 Å². The van der Waals surface area contributed by atoms with Gasteiger partial charge < -0.3 is 10.1 Å². The number of hydrogen-bond acceptors (Lipinski definition) is 5. The zero-order valence-electron chi connectivity index (χ0n) is 16.0. The van der Waals surface area contributed by atoms with E-state index < -0.39 is 32.9 Å². The lowest BCUT2D eigenvalue weighted by Crippen LogP contribution is -2.52. The van der Waals surface area contributed by atoms with Gasteiger partial charge in [-0.05, 0) is 46.5 Å². The van der Waals surface area contributed by atoms with Gasteiger partial charge in [0.15, 0.2) is 0 Å². The van der Waals surface area contributed by atoms with Gasteiger partial charge in [-0.2, -0.15) is 0 Å². The van der Waals surface area contributed by atoms with Gasteiger partial charge in [-0.1, -0.05) is 32.1 Å². The van der Waals surface area contributed by atoms with E-state index in [0.29, 0.717) is 25.7 Å². The Kier molecular flexibility index (Phi) is 6.93. The molecule has 0 saturated heterocycles. The summed E-state index contributed by atoms with van der Waals surface area (Å²) >= 11 is 0. The van der Waals surface area contributed by atoms with E-state index in [1.165, 1.54) is 0 Å². The predicted octanol–water partition coefficient (Wildman–Crippen LogP) is 2.85. The van der Waals surface area contributed by atoms with Crippen molar-refractivity contribution in [1.29, 1.82) is 0 Å². The third-order valence-corrected chi connectivity index (χ3v) is 6.80. The molecule has 2 amide bonds. The fourth-order valence-corrected chi connectivity index (χ4v) is 5.03. The smallest absolute Gasteiger partial charge is 0.407 e. The maximum atomic E-state index is 12.5. The zero-order chi connectivity index (χ0) is 19.4. The highest BCUT2D eigenvalue weighted by Crippen LogP contribution is 2.29. The number of ether oxygens (including phenoxy) is 1. The van der Waals surface area contributed by atoms with Crippen LogP contribution < -0.4 is 10.0 Å². The van der Waals surface area contributed by atoms with E-state index >= 15 is 0 Å². The van der Waals surface area contributed by atoms with Crippen LogP contribution >= 0.6 is 0 Å². The molecule has 0 bridgehead atoms. The van der Waals surface area contributed by atoms with Crippen LogP contribution in [0, 0.1) is 5.92 Å². The van der Waals surface area contributed by atoms with Crippen molar-refractivity contribution in [1.82, 2.24) is 10.0 Å². The van der Waals surface area contributed by atoms with Crippen molar-refractivity contribution in [3.05, 3.63) is 0 Å². The summed E-state index contributed by atoms with van der Waals surface area (Å²) in [5.41, 5.74) is -0.573. The highest BCUT2D eigenvalue weighted by atomic mass is 32.2. The highest BCUT2D eigenvalue weighted by molar-refractivity contribution is 7.90. The van der Waals surface area contributed by atoms with Gasteiger partial charge in [-0.25, -0.2) is 13.2 Å². The second kappa shape index (κ2) is 8.59. The second-order valence-corrected chi connectivity index (χ2v) is 10.5. The maximum Gasteiger partial charge on any atom is 0.407 e. The van der Waals surface area contributed by atoms with Crippen LogP contribution in [-0.2, 0) is 19.6 Å². The molecule has 26 heavy (non-hydrogen) atoms. The van der Waals surface area contributed by atoms with Gasteiger partial charge >= 0.3 is 6.09 Å². The molecule has 0 atom stereocenters. The van der Waals surface area contributed by atoms with Crippen molar-refractivity contribution < 1.29 is 22.7 Å². The normalized spacial score (nSPS) is 25.3. The average Bonchev–Trinajstić information content (AvgIpc) is 2.38. The molecule has 2 saturated carbocycles. The predicted molar refractivity (Wildman–Crippen MR) is 99.1 cm³/mol. The summed E-state index contributed by atoms with van der Waals surface area (Å²) in [5.74, 6) is -0.826. The first-order valence-electron chi connectivity index (χ1n) is 9.62. The van der Waals surface area contributed by atoms with E-state index in [2.05, 4.69) is 10.0 Å². The molecule has 2 aliphatic rings. The summed E-state index contributed by atoms with van der Waals surface area (Å²) in [7, 11) is -3.62. The monoisotopic (exact) mass is 388 g/mol. The third kappa shape index (κ3) is 6.45. The topological polar surface area (TPSA) is 102 Å². The van der Waals surface area contributed by atoms with Gasteiger partial charge in [-0.15, -0.1) is 0 Å². The van der Waals surface area contributed by atoms with Crippen molar-refractivity contribution in [2.75, 3.05) is 0 Å². The van der Waals surface area contributed by atoms with Crippen LogP contribution in [0.4, 0.5) is 4.79 Å². The van der Waals surface area contributed by atoms with Gasteiger partial charge in [0.2, 0.25) is 15.9 Å². The molecule has 0 aromatic heterocycles. The van der Waals surface area contributed by atoms with Crippen LogP contribution in [-0.4, -0.2) is 37.3 Å². The number of hydrogen-bond donors (Lipinski definition) is 2. The average molecular weight is 389 g/mol. The summed E-state index contributed by atoms with van der Waals surface area (Å²) < 4.78 is 32.5. The molecule has 0 unspecified atom stereocenters. The summed E-state index contributed by atoms with van der Waals surface area (Å²) in [6, 6.07) is -0.148. The van der Waals surface area contributed by atoms with Gasteiger partial charge in [0.1, 0.15) is 5.60 Å². The number of amides is 2. The molecule has 0 radical (unpaired) electrons. The van der Waals surface area contributed by atoms with Crippen molar-refractivity contribution in [2.45, 2.75) is 95.5 Å². The van der Waals surface area contributed by atoms with Crippen molar-refractivity contribution in [3.8, 4) is 0 Å². The lowest BCUT2D eigenvalue weighted by molar-refractivity contribution is -0.126. The Morgan fingerprint density at radius 3 is 2.04 bits per heavy atom. The minimum absolute atomic E-state index is 0.148. The van der Waals surface area contributed by atoms with Gasteiger partial charge in [0.25, 0.3) is 0 Å². The minimum Gasteiger partial charge on any atom is -0.444 e. The third-order valence-electron chi connectivity index (χ3n) is 4.96. The molecule has 0 aliphatic heterocycles. The highest BCUT2D eigenvalue weighted by Gasteiger charge is 2.38. The Balaban J connectivity index is 1.77. The van der Waals surface area contributed by atoms with E-state index in [1.54, 1.807) is 20.8 Å². The first-order chi connectivity index (χ1) is 12.1. The number of nitrogens with one attached hydrogen (secondary N) is 2. The van der Waals surface area contributed by atoms with Crippen LogP contribution in [0.15, 0.2) is 0 Å². The molecule has 0 heterocycles. The molecular formula is C18H32N2O5S. The Morgan fingerprint density at radius 1 is 0.962 bits per heavy atom. The van der Waals surface area contributed by atoms with Crippen LogP contribution in [0.3, 0.4) is 0 Å². The summed E-state index contributed by atoms with van der Waals surface area (Å²) in [6.45, 7) is 5.35. The Labute approximate surface area is 156 Å². The summed E-state index contributed by atoms with van der Waals surface area (Å²) in [5, 5.41) is 2.24. The molecular weight excluding hydrogens is 356 g/mol. The van der Waals surface area contributed by atoms with E-state index in [-0.39, 0.29) is 12.0 Å². The van der Waals surface area contributed by atoms with Crippen molar-refractivity contribution in [2.24, 2.45) is 5.92 Å². The van der Waals surface area contributed by atoms with Crippen LogP contribution in [0.2, 0.25) is 0 Å². The van der Waals surface area contributed by atoms with E-state index in [9.17, 15) is 18.0 Å². The Morgan fingerprint density at radius 2 is 1.50 bits per heavy atom. The number of rotatable bonds is 4. The summed E-state index contributed by atoms with van der Waals surface area (Å²) in [4.78, 5) is 24.0. The van der Waals surface area contributed by atoms with E-state index in [1.807, 2.05) is 0 Å². The molecule has 0 aromatic carbocycles. The van der Waals surface area contributed by atoms with Crippen molar-refractivity contribution in [3.63, 3.8) is 0 Å². The zero-order valence-corrected chi connectivity index (χ0v) is 16.9. The van der Waals surface area contributed by atoms with Crippen LogP contribution in [0.25, 0.3) is 0 Å². The van der Waals surface area contributed by atoms with E-state index in [4.69, 9.17) is 4.74 Å². The van der Waals surface area contributed by atoms with Crippen LogP contribution in [0.5, 0.6) is 0 Å². The first kappa shape index (κ1) is 21.0. The Hall–Kier alpha value is -1.31.